The Bertz CT molecular complexity index is 566. The van der Waals surface area contributed by atoms with E-state index in [-0.39, 0.29) is 18.3 Å². The van der Waals surface area contributed by atoms with Crippen LogP contribution >= 0.6 is 0 Å². The highest BCUT2D eigenvalue weighted by molar-refractivity contribution is 5.94. The molecule has 130 valence electrons. The lowest BCUT2D eigenvalue weighted by molar-refractivity contribution is -0.143. The number of rotatable bonds is 8. The highest BCUT2D eigenvalue weighted by Gasteiger charge is 2.18. The van der Waals surface area contributed by atoms with Gasteiger partial charge in [-0.05, 0) is 51.2 Å². The number of hydrogen-bond acceptors (Lipinski definition) is 3. The van der Waals surface area contributed by atoms with Crippen molar-refractivity contribution in [3.05, 3.63) is 47.5 Å². The van der Waals surface area contributed by atoms with Crippen LogP contribution in [0.4, 0.5) is 0 Å². The van der Waals surface area contributed by atoms with Crippen molar-refractivity contribution in [3.8, 4) is 0 Å². The highest BCUT2D eigenvalue weighted by atomic mass is 16.5. The van der Waals surface area contributed by atoms with Gasteiger partial charge in [0.2, 0.25) is 0 Å². The molecule has 2 rings (SSSR count). The van der Waals surface area contributed by atoms with Gasteiger partial charge in [-0.15, -0.1) is 0 Å². The molecule has 4 heteroatoms. The molecular formula is C20H27NO3. The molecule has 0 N–H and O–H groups in total. The summed E-state index contributed by atoms with van der Waals surface area (Å²) >= 11 is 0. The molecule has 0 saturated heterocycles. The second kappa shape index (κ2) is 9.91. The van der Waals surface area contributed by atoms with Crippen LogP contribution in [0.3, 0.4) is 0 Å². The Hall–Kier alpha value is -2.10. The molecule has 1 aromatic rings. The summed E-state index contributed by atoms with van der Waals surface area (Å²) in [4.78, 5) is 26.2. The second-order valence-electron chi connectivity index (χ2n) is 6.07. The first kappa shape index (κ1) is 18.2. The molecular weight excluding hydrogens is 302 g/mol. The number of carbonyl (C=O) groups is 2. The fraction of sp³-hybridized carbons (Fsp3) is 0.500. The lowest BCUT2D eigenvalue weighted by Crippen LogP contribution is -2.34. The summed E-state index contributed by atoms with van der Waals surface area (Å²) in [7, 11) is 0. The van der Waals surface area contributed by atoms with Gasteiger partial charge in [-0.3, -0.25) is 9.59 Å². The summed E-state index contributed by atoms with van der Waals surface area (Å²) in [5, 5.41) is 0. The molecule has 1 aliphatic carbocycles. The van der Waals surface area contributed by atoms with Crippen molar-refractivity contribution in [3.63, 3.8) is 0 Å². The predicted molar refractivity (Wildman–Crippen MR) is 94.8 cm³/mol. The van der Waals surface area contributed by atoms with Gasteiger partial charge in [-0.2, -0.15) is 0 Å². The van der Waals surface area contributed by atoms with Crippen LogP contribution in [-0.4, -0.2) is 36.5 Å². The first-order valence-corrected chi connectivity index (χ1v) is 8.88. The van der Waals surface area contributed by atoms with Gasteiger partial charge in [0.15, 0.2) is 0 Å². The van der Waals surface area contributed by atoms with Gasteiger partial charge >= 0.3 is 5.97 Å². The average molecular weight is 329 g/mol. The van der Waals surface area contributed by atoms with E-state index in [9.17, 15) is 9.59 Å². The van der Waals surface area contributed by atoms with E-state index in [1.807, 2.05) is 30.3 Å². The molecule has 0 radical (unpaired) electrons. The molecule has 0 unspecified atom stereocenters. The molecule has 0 heterocycles. The Morgan fingerprint density at radius 2 is 1.92 bits per heavy atom. The van der Waals surface area contributed by atoms with Crippen molar-refractivity contribution in [1.82, 2.24) is 4.90 Å². The Labute approximate surface area is 144 Å². The summed E-state index contributed by atoms with van der Waals surface area (Å²) in [5.74, 6) is -0.267. The SMILES string of the molecule is CCOC(=O)CCN(CCC1=CCCCC1)C(=O)c1ccccc1. The molecule has 1 aromatic carbocycles. The van der Waals surface area contributed by atoms with Gasteiger partial charge in [-0.25, -0.2) is 0 Å². The Kier molecular flexibility index (Phi) is 7.53. The van der Waals surface area contributed by atoms with Crippen molar-refractivity contribution in [2.45, 2.75) is 45.4 Å². The Morgan fingerprint density at radius 3 is 2.58 bits per heavy atom. The van der Waals surface area contributed by atoms with E-state index in [2.05, 4.69) is 6.08 Å². The number of amides is 1. The molecule has 0 saturated carbocycles. The highest BCUT2D eigenvalue weighted by Crippen LogP contribution is 2.20. The zero-order valence-corrected chi connectivity index (χ0v) is 14.5. The fourth-order valence-corrected chi connectivity index (χ4v) is 2.95. The number of nitrogens with zero attached hydrogens (tertiary/aromatic N) is 1. The summed E-state index contributed by atoms with van der Waals surface area (Å²) < 4.78 is 4.98. The molecule has 0 fully saturated rings. The van der Waals surface area contributed by atoms with Crippen molar-refractivity contribution >= 4 is 11.9 Å². The molecule has 0 aromatic heterocycles. The van der Waals surface area contributed by atoms with Crippen LogP contribution in [0, 0.1) is 0 Å². The lowest BCUT2D eigenvalue weighted by Gasteiger charge is -2.24. The zero-order chi connectivity index (χ0) is 17.2. The van der Waals surface area contributed by atoms with Crippen molar-refractivity contribution in [2.75, 3.05) is 19.7 Å². The standard InChI is InChI=1S/C20H27NO3/c1-2-24-19(22)14-16-21(15-13-17-9-5-3-6-10-17)20(23)18-11-7-4-8-12-18/h4,7-9,11-12H,2-3,5-6,10,13-16H2,1H3. The number of benzene rings is 1. The van der Waals surface area contributed by atoms with Crippen LogP contribution in [0.15, 0.2) is 42.0 Å². The monoisotopic (exact) mass is 329 g/mol. The zero-order valence-electron chi connectivity index (χ0n) is 14.5. The molecule has 24 heavy (non-hydrogen) atoms. The first-order valence-electron chi connectivity index (χ1n) is 8.88. The van der Waals surface area contributed by atoms with Gasteiger partial charge in [0.1, 0.15) is 0 Å². The van der Waals surface area contributed by atoms with Crippen molar-refractivity contribution in [1.29, 1.82) is 0 Å². The van der Waals surface area contributed by atoms with Gasteiger partial charge in [0, 0.05) is 18.7 Å². The largest absolute Gasteiger partial charge is 0.466 e. The van der Waals surface area contributed by atoms with Crippen molar-refractivity contribution < 1.29 is 14.3 Å². The second-order valence-corrected chi connectivity index (χ2v) is 6.07. The minimum absolute atomic E-state index is 0.0173. The Balaban J connectivity index is 1.98. The number of allylic oxidation sites excluding steroid dienone is 1. The quantitative estimate of drug-likeness (QED) is 0.535. The Morgan fingerprint density at radius 1 is 1.12 bits per heavy atom. The van der Waals surface area contributed by atoms with Gasteiger partial charge in [0.05, 0.1) is 13.0 Å². The van der Waals surface area contributed by atoms with E-state index in [4.69, 9.17) is 4.74 Å². The van der Waals surface area contributed by atoms with Crippen LogP contribution in [0.25, 0.3) is 0 Å². The van der Waals surface area contributed by atoms with Crippen LogP contribution in [0.2, 0.25) is 0 Å². The van der Waals surface area contributed by atoms with Crippen LogP contribution < -0.4 is 0 Å². The third kappa shape index (κ3) is 5.84. The van der Waals surface area contributed by atoms with E-state index < -0.39 is 0 Å². The smallest absolute Gasteiger partial charge is 0.307 e. The lowest BCUT2D eigenvalue weighted by atomic mass is 9.97. The molecule has 1 aliphatic rings. The molecule has 0 atom stereocenters. The number of ether oxygens (including phenoxy) is 1. The number of carbonyl (C=O) groups excluding carboxylic acids is 2. The molecule has 0 spiro atoms. The van der Waals surface area contributed by atoms with Gasteiger partial charge < -0.3 is 9.64 Å². The van der Waals surface area contributed by atoms with Gasteiger partial charge in [-0.1, -0.05) is 29.8 Å². The maximum Gasteiger partial charge on any atom is 0.307 e. The van der Waals surface area contributed by atoms with Crippen molar-refractivity contribution in [2.24, 2.45) is 0 Å². The molecule has 0 bridgehead atoms. The molecule has 1 amide bonds. The molecule has 0 aliphatic heterocycles. The van der Waals surface area contributed by atoms with Crippen LogP contribution in [-0.2, 0) is 9.53 Å². The summed E-state index contributed by atoms with van der Waals surface area (Å²) in [6.45, 7) is 3.22. The fourth-order valence-electron chi connectivity index (χ4n) is 2.95. The minimum atomic E-state index is -0.250. The third-order valence-corrected chi connectivity index (χ3v) is 4.29. The summed E-state index contributed by atoms with van der Waals surface area (Å²) in [6.07, 6.45) is 8.21. The van der Waals surface area contributed by atoms with E-state index in [0.717, 1.165) is 19.3 Å². The van der Waals surface area contributed by atoms with E-state index >= 15 is 0 Å². The van der Waals surface area contributed by atoms with E-state index in [1.165, 1.54) is 18.4 Å². The maximum absolute atomic E-state index is 12.7. The average Bonchev–Trinajstić information content (AvgIpc) is 2.63. The summed E-state index contributed by atoms with van der Waals surface area (Å²) in [6, 6.07) is 9.26. The van der Waals surface area contributed by atoms with E-state index in [1.54, 1.807) is 11.8 Å². The predicted octanol–water partition coefficient (Wildman–Crippen LogP) is 3.97. The normalized spacial score (nSPS) is 14.0. The summed E-state index contributed by atoms with van der Waals surface area (Å²) in [5.41, 5.74) is 2.10. The van der Waals surface area contributed by atoms with Gasteiger partial charge in [0.25, 0.3) is 5.91 Å². The van der Waals surface area contributed by atoms with E-state index in [0.29, 0.717) is 25.3 Å². The first-order chi connectivity index (χ1) is 11.7. The van der Waals surface area contributed by atoms with Crippen LogP contribution in [0.5, 0.6) is 0 Å². The number of hydrogen-bond donors (Lipinski definition) is 0. The minimum Gasteiger partial charge on any atom is -0.466 e. The maximum atomic E-state index is 12.7. The third-order valence-electron chi connectivity index (χ3n) is 4.29. The topological polar surface area (TPSA) is 46.6 Å². The molecule has 4 nitrogen and oxygen atoms in total. The van der Waals surface area contributed by atoms with Crippen LogP contribution in [0.1, 0.15) is 55.8 Å². The number of esters is 1.